The van der Waals surface area contributed by atoms with Crippen LogP contribution in [0.25, 0.3) is 10.8 Å². The summed E-state index contributed by atoms with van der Waals surface area (Å²) in [7, 11) is -3.63. The molecule has 0 spiro atoms. The SMILES string of the molecule is CC(C)(C)OC(=O)NCCS(=O)(=O)c1cc(Cl)cc2cnccc12. The van der Waals surface area contributed by atoms with Crippen LogP contribution in [-0.4, -0.2) is 37.4 Å². The Hall–Kier alpha value is -1.86. The zero-order valence-corrected chi connectivity index (χ0v) is 15.2. The third-order valence-corrected chi connectivity index (χ3v) is 5.02. The number of hydrogen-bond acceptors (Lipinski definition) is 5. The molecule has 1 heterocycles. The van der Waals surface area contributed by atoms with E-state index in [0.29, 0.717) is 15.8 Å². The summed E-state index contributed by atoms with van der Waals surface area (Å²) < 4.78 is 30.3. The first kappa shape index (κ1) is 18.5. The summed E-state index contributed by atoms with van der Waals surface area (Å²) in [5.41, 5.74) is -0.640. The molecule has 0 unspecified atom stereocenters. The third-order valence-electron chi connectivity index (χ3n) is 3.05. The van der Waals surface area contributed by atoms with Crippen LogP contribution in [0.5, 0.6) is 0 Å². The van der Waals surface area contributed by atoms with Gasteiger partial charge in [-0.15, -0.1) is 0 Å². The number of pyridine rings is 1. The molecule has 0 saturated heterocycles. The van der Waals surface area contributed by atoms with Crippen molar-refractivity contribution in [3.63, 3.8) is 0 Å². The van der Waals surface area contributed by atoms with E-state index in [-0.39, 0.29) is 17.2 Å². The number of hydrogen-bond donors (Lipinski definition) is 1. The van der Waals surface area contributed by atoms with Crippen LogP contribution in [0.15, 0.2) is 35.5 Å². The fourth-order valence-corrected chi connectivity index (χ4v) is 3.82. The fourth-order valence-electron chi connectivity index (χ4n) is 2.11. The van der Waals surface area contributed by atoms with Crippen LogP contribution in [0.1, 0.15) is 20.8 Å². The zero-order chi connectivity index (χ0) is 18.0. The van der Waals surface area contributed by atoms with Crippen LogP contribution in [0.2, 0.25) is 5.02 Å². The van der Waals surface area contributed by atoms with Crippen molar-refractivity contribution in [2.75, 3.05) is 12.3 Å². The van der Waals surface area contributed by atoms with Gasteiger partial charge in [-0.3, -0.25) is 4.98 Å². The molecule has 1 aromatic heterocycles. The first-order chi connectivity index (χ1) is 11.1. The number of carbonyl (C=O) groups is 1. The Morgan fingerprint density at radius 2 is 2.04 bits per heavy atom. The van der Waals surface area contributed by atoms with Gasteiger partial charge in [-0.1, -0.05) is 11.6 Å². The van der Waals surface area contributed by atoms with Crippen LogP contribution in [0, 0.1) is 0 Å². The first-order valence-corrected chi connectivity index (χ1v) is 9.34. The van der Waals surface area contributed by atoms with Gasteiger partial charge >= 0.3 is 6.09 Å². The number of sulfone groups is 1. The molecule has 6 nitrogen and oxygen atoms in total. The van der Waals surface area contributed by atoms with E-state index in [1.807, 2.05) is 0 Å². The standard InChI is InChI=1S/C16H19ClN2O4S/c1-16(2,3)23-15(20)19-6-7-24(21,22)14-9-12(17)8-11-10-18-5-4-13(11)14/h4-5,8-10H,6-7H2,1-3H3,(H,19,20). The summed E-state index contributed by atoms with van der Waals surface area (Å²) in [6.45, 7) is 5.14. The molecule has 0 fully saturated rings. The number of rotatable bonds is 4. The summed E-state index contributed by atoms with van der Waals surface area (Å²) in [4.78, 5) is 15.7. The molecule has 130 valence electrons. The minimum Gasteiger partial charge on any atom is -0.444 e. The van der Waals surface area contributed by atoms with E-state index in [2.05, 4.69) is 10.3 Å². The van der Waals surface area contributed by atoms with Crippen molar-refractivity contribution in [1.29, 1.82) is 0 Å². The lowest BCUT2D eigenvalue weighted by atomic mass is 10.2. The Morgan fingerprint density at radius 1 is 1.33 bits per heavy atom. The molecule has 24 heavy (non-hydrogen) atoms. The molecule has 0 aliphatic rings. The molecular weight excluding hydrogens is 352 g/mol. The van der Waals surface area contributed by atoms with Crippen LogP contribution >= 0.6 is 11.6 Å². The highest BCUT2D eigenvalue weighted by Gasteiger charge is 2.20. The average Bonchev–Trinajstić information content (AvgIpc) is 2.44. The predicted molar refractivity (Wildman–Crippen MR) is 93.0 cm³/mol. The Balaban J connectivity index is 2.16. The van der Waals surface area contributed by atoms with E-state index >= 15 is 0 Å². The molecule has 0 atom stereocenters. The Kier molecular flexibility index (Phi) is 5.35. The highest BCUT2D eigenvalue weighted by Crippen LogP contribution is 2.27. The Morgan fingerprint density at radius 3 is 2.71 bits per heavy atom. The minimum absolute atomic E-state index is 0.0592. The van der Waals surface area contributed by atoms with Gasteiger partial charge in [-0.25, -0.2) is 13.2 Å². The molecule has 1 amide bonds. The topological polar surface area (TPSA) is 85.4 Å². The number of alkyl carbamates (subject to hydrolysis) is 1. The van der Waals surface area contributed by atoms with E-state index in [1.54, 1.807) is 39.1 Å². The second-order valence-electron chi connectivity index (χ2n) is 6.25. The van der Waals surface area contributed by atoms with E-state index in [1.165, 1.54) is 12.3 Å². The van der Waals surface area contributed by atoms with E-state index in [0.717, 1.165) is 0 Å². The van der Waals surface area contributed by atoms with Gasteiger partial charge in [0, 0.05) is 34.7 Å². The van der Waals surface area contributed by atoms with Crippen molar-refractivity contribution >= 4 is 38.3 Å². The van der Waals surface area contributed by atoms with Crippen LogP contribution in [-0.2, 0) is 14.6 Å². The van der Waals surface area contributed by atoms with Crippen LogP contribution < -0.4 is 5.32 Å². The van der Waals surface area contributed by atoms with Crippen molar-refractivity contribution in [1.82, 2.24) is 10.3 Å². The Bertz CT molecular complexity index is 860. The number of halogens is 1. The number of fused-ring (bicyclic) bond motifs is 1. The number of carbonyl (C=O) groups excluding carboxylic acids is 1. The fraction of sp³-hybridized carbons (Fsp3) is 0.375. The maximum atomic E-state index is 12.6. The molecule has 0 aliphatic heterocycles. The summed E-state index contributed by atoms with van der Waals surface area (Å²) in [5.74, 6) is -0.260. The molecule has 1 N–H and O–H groups in total. The molecule has 1 aromatic carbocycles. The van der Waals surface area contributed by atoms with Gasteiger partial charge in [0.25, 0.3) is 0 Å². The highest BCUT2D eigenvalue weighted by atomic mass is 35.5. The van der Waals surface area contributed by atoms with Crippen molar-refractivity contribution in [3.8, 4) is 0 Å². The normalized spacial score (nSPS) is 12.2. The van der Waals surface area contributed by atoms with Gasteiger partial charge in [0.2, 0.25) is 0 Å². The van der Waals surface area contributed by atoms with Gasteiger partial charge in [-0.05, 0) is 39.0 Å². The number of nitrogens with zero attached hydrogens (tertiary/aromatic N) is 1. The van der Waals surface area contributed by atoms with E-state index in [4.69, 9.17) is 16.3 Å². The largest absolute Gasteiger partial charge is 0.444 e. The summed E-state index contributed by atoms with van der Waals surface area (Å²) in [6, 6.07) is 4.69. The predicted octanol–water partition coefficient (Wildman–Crippen LogP) is 3.19. The average molecular weight is 371 g/mol. The molecule has 2 aromatic rings. The smallest absolute Gasteiger partial charge is 0.407 e. The van der Waals surface area contributed by atoms with Gasteiger partial charge < -0.3 is 10.1 Å². The molecule has 0 bridgehead atoms. The van der Waals surface area contributed by atoms with Crippen molar-refractivity contribution in [2.45, 2.75) is 31.3 Å². The van der Waals surface area contributed by atoms with Gasteiger partial charge in [0.1, 0.15) is 5.60 Å². The van der Waals surface area contributed by atoms with E-state index in [9.17, 15) is 13.2 Å². The molecule has 8 heteroatoms. The lowest BCUT2D eigenvalue weighted by Gasteiger charge is -2.19. The van der Waals surface area contributed by atoms with Crippen molar-refractivity contribution in [2.24, 2.45) is 0 Å². The molecule has 0 radical (unpaired) electrons. The minimum atomic E-state index is -3.63. The second kappa shape index (κ2) is 6.94. The molecule has 2 rings (SSSR count). The Labute approximate surface area is 146 Å². The third kappa shape index (κ3) is 4.82. The summed E-state index contributed by atoms with van der Waals surface area (Å²) >= 11 is 6.01. The number of aromatic nitrogens is 1. The molecule has 0 saturated carbocycles. The monoisotopic (exact) mass is 370 g/mol. The lowest BCUT2D eigenvalue weighted by Crippen LogP contribution is -2.35. The van der Waals surface area contributed by atoms with E-state index < -0.39 is 21.5 Å². The zero-order valence-electron chi connectivity index (χ0n) is 13.7. The van der Waals surface area contributed by atoms with Crippen molar-refractivity contribution in [3.05, 3.63) is 35.6 Å². The first-order valence-electron chi connectivity index (χ1n) is 7.31. The maximum absolute atomic E-state index is 12.6. The summed E-state index contributed by atoms with van der Waals surface area (Å²) in [5, 5.41) is 3.95. The lowest BCUT2D eigenvalue weighted by molar-refractivity contribution is 0.0531. The quantitative estimate of drug-likeness (QED) is 0.893. The number of benzene rings is 1. The molecule has 0 aliphatic carbocycles. The molecular formula is C16H19ClN2O4S. The maximum Gasteiger partial charge on any atom is 0.407 e. The van der Waals surface area contributed by atoms with Gasteiger partial charge in [-0.2, -0.15) is 0 Å². The van der Waals surface area contributed by atoms with Crippen LogP contribution in [0.3, 0.4) is 0 Å². The highest BCUT2D eigenvalue weighted by molar-refractivity contribution is 7.91. The number of ether oxygens (including phenoxy) is 1. The second-order valence-corrected chi connectivity index (χ2v) is 8.76. The van der Waals surface area contributed by atoms with Gasteiger partial charge in [0.15, 0.2) is 9.84 Å². The van der Waals surface area contributed by atoms with Crippen molar-refractivity contribution < 1.29 is 17.9 Å². The number of amides is 1. The number of nitrogens with one attached hydrogen (secondary N) is 1. The summed E-state index contributed by atoms with van der Waals surface area (Å²) in [6.07, 6.45) is 2.42. The van der Waals surface area contributed by atoms with Crippen LogP contribution in [0.4, 0.5) is 4.79 Å². The van der Waals surface area contributed by atoms with Gasteiger partial charge in [0.05, 0.1) is 10.6 Å².